The maximum atomic E-state index is 12.0. The minimum atomic E-state index is -0.198. The molecule has 1 aromatic carbocycles. The van der Waals surface area contributed by atoms with Crippen LogP contribution >= 0.6 is 0 Å². The van der Waals surface area contributed by atoms with E-state index in [1.807, 2.05) is 0 Å². The Kier molecular flexibility index (Phi) is 4.37. The quantitative estimate of drug-likeness (QED) is 0.889. The Balaban J connectivity index is 1.97. The zero-order valence-electron chi connectivity index (χ0n) is 12.4. The molecule has 2 rings (SSSR count). The van der Waals surface area contributed by atoms with Crippen molar-refractivity contribution in [1.82, 2.24) is 5.32 Å². The molecule has 0 bridgehead atoms. The van der Waals surface area contributed by atoms with E-state index in [-0.39, 0.29) is 18.9 Å². The molecule has 0 radical (unpaired) electrons. The molecule has 0 aliphatic carbocycles. The Morgan fingerprint density at radius 1 is 1.10 bits per heavy atom. The van der Waals surface area contributed by atoms with Gasteiger partial charge >= 0.3 is 6.03 Å². The molecule has 110 valence electrons. The highest BCUT2D eigenvalue weighted by molar-refractivity contribution is 5.89. The van der Waals surface area contributed by atoms with Crippen LogP contribution in [0.4, 0.5) is 10.5 Å². The number of ether oxygens (including phenoxy) is 2. The van der Waals surface area contributed by atoms with Crippen LogP contribution in [0.1, 0.15) is 27.7 Å². The van der Waals surface area contributed by atoms with Gasteiger partial charge in [0.25, 0.3) is 0 Å². The number of fused-ring (bicyclic) bond motifs is 1. The number of carbonyl (C=O) groups excluding carboxylic acids is 1. The molecule has 1 heterocycles. The molecule has 5 heteroatoms. The summed E-state index contributed by atoms with van der Waals surface area (Å²) in [6, 6.07) is 5.30. The summed E-state index contributed by atoms with van der Waals surface area (Å²) in [6.07, 6.45) is 0. The van der Waals surface area contributed by atoms with Gasteiger partial charge in [-0.05, 0) is 24.0 Å². The predicted molar refractivity (Wildman–Crippen MR) is 78.2 cm³/mol. The van der Waals surface area contributed by atoms with E-state index in [0.717, 1.165) is 0 Å². The lowest BCUT2D eigenvalue weighted by atomic mass is 9.93. The Morgan fingerprint density at radius 3 is 2.40 bits per heavy atom. The lowest BCUT2D eigenvalue weighted by molar-refractivity contribution is 0.174. The summed E-state index contributed by atoms with van der Waals surface area (Å²) in [6.45, 7) is 8.64. The van der Waals surface area contributed by atoms with Gasteiger partial charge in [0, 0.05) is 17.8 Å². The fraction of sp³-hybridized carbons (Fsp3) is 0.533. The first kappa shape index (κ1) is 14.5. The van der Waals surface area contributed by atoms with Crippen LogP contribution in [0.5, 0.6) is 11.5 Å². The van der Waals surface area contributed by atoms with E-state index in [2.05, 4.69) is 38.3 Å². The molecule has 0 fully saturated rings. The minimum absolute atomic E-state index is 0.143. The zero-order valence-corrected chi connectivity index (χ0v) is 12.4. The number of benzene rings is 1. The van der Waals surface area contributed by atoms with Crippen LogP contribution in [0, 0.1) is 11.8 Å². The van der Waals surface area contributed by atoms with Crippen molar-refractivity contribution in [2.75, 3.05) is 12.1 Å². The van der Waals surface area contributed by atoms with Gasteiger partial charge in [0.05, 0.1) is 0 Å². The van der Waals surface area contributed by atoms with Crippen LogP contribution in [0.15, 0.2) is 18.2 Å². The minimum Gasteiger partial charge on any atom is -0.454 e. The van der Waals surface area contributed by atoms with E-state index in [1.54, 1.807) is 18.2 Å². The molecule has 1 aliphatic rings. The fourth-order valence-electron chi connectivity index (χ4n) is 2.40. The monoisotopic (exact) mass is 278 g/mol. The number of hydrogen-bond acceptors (Lipinski definition) is 3. The summed E-state index contributed by atoms with van der Waals surface area (Å²) in [5, 5.41) is 5.84. The Morgan fingerprint density at radius 2 is 1.75 bits per heavy atom. The molecule has 0 saturated carbocycles. The van der Waals surface area contributed by atoms with Crippen molar-refractivity contribution < 1.29 is 14.3 Å². The first-order valence-electron chi connectivity index (χ1n) is 6.94. The standard InChI is InChI=1S/C15H22N2O3/c1-9(2)14(10(3)4)17-15(18)16-11-5-6-12-13(7-11)20-8-19-12/h5-7,9-10,14H,8H2,1-4H3,(H2,16,17,18). The molecule has 1 aromatic rings. The largest absolute Gasteiger partial charge is 0.454 e. The molecule has 0 spiro atoms. The smallest absolute Gasteiger partial charge is 0.319 e. The summed E-state index contributed by atoms with van der Waals surface area (Å²) >= 11 is 0. The molecular formula is C15H22N2O3. The van der Waals surface area contributed by atoms with Crippen molar-refractivity contribution in [1.29, 1.82) is 0 Å². The van der Waals surface area contributed by atoms with Crippen LogP contribution in [-0.2, 0) is 0 Å². The summed E-state index contributed by atoms with van der Waals surface area (Å²) in [7, 11) is 0. The summed E-state index contributed by atoms with van der Waals surface area (Å²) in [5.74, 6) is 2.14. The van der Waals surface area contributed by atoms with Gasteiger partial charge in [-0.3, -0.25) is 0 Å². The average molecular weight is 278 g/mol. The van der Waals surface area contributed by atoms with Crippen molar-refractivity contribution in [3.05, 3.63) is 18.2 Å². The second-order valence-corrected chi connectivity index (χ2v) is 5.68. The third-order valence-corrected chi connectivity index (χ3v) is 3.36. The van der Waals surface area contributed by atoms with E-state index < -0.39 is 0 Å². The van der Waals surface area contributed by atoms with E-state index in [0.29, 0.717) is 29.0 Å². The summed E-state index contributed by atoms with van der Waals surface area (Å²) in [5.41, 5.74) is 0.693. The maximum absolute atomic E-state index is 12.0. The van der Waals surface area contributed by atoms with E-state index >= 15 is 0 Å². The molecule has 0 saturated heterocycles. The van der Waals surface area contributed by atoms with Gasteiger partial charge in [-0.2, -0.15) is 0 Å². The zero-order chi connectivity index (χ0) is 14.7. The van der Waals surface area contributed by atoms with Crippen molar-refractivity contribution >= 4 is 11.7 Å². The number of anilines is 1. The first-order chi connectivity index (χ1) is 9.47. The Labute approximate surface area is 119 Å². The van der Waals surface area contributed by atoms with Crippen molar-refractivity contribution in [2.24, 2.45) is 11.8 Å². The number of urea groups is 1. The Bertz CT molecular complexity index is 478. The van der Waals surface area contributed by atoms with Crippen LogP contribution in [-0.4, -0.2) is 18.9 Å². The van der Waals surface area contributed by atoms with Crippen molar-refractivity contribution in [2.45, 2.75) is 33.7 Å². The van der Waals surface area contributed by atoms with Crippen LogP contribution in [0.2, 0.25) is 0 Å². The lowest BCUT2D eigenvalue weighted by Crippen LogP contribution is -2.44. The van der Waals surface area contributed by atoms with E-state index in [1.165, 1.54) is 0 Å². The Hall–Kier alpha value is -1.91. The van der Waals surface area contributed by atoms with E-state index in [9.17, 15) is 4.79 Å². The molecule has 0 atom stereocenters. The van der Waals surface area contributed by atoms with Gasteiger partial charge < -0.3 is 20.1 Å². The second kappa shape index (κ2) is 6.03. The lowest BCUT2D eigenvalue weighted by Gasteiger charge is -2.26. The fourth-order valence-corrected chi connectivity index (χ4v) is 2.40. The van der Waals surface area contributed by atoms with Gasteiger partial charge in [-0.15, -0.1) is 0 Å². The van der Waals surface area contributed by atoms with Crippen LogP contribution in [0.3, 0.4) is 0 Å². The molecule has 1 aliphatic heterocycles. The molecule has 2 amide bonds. The molecule has 20 heavy (non-hydrogen) atoms. The second-order valence-electron chi connectivity index (χ2n) is 5.68. The van der Waals surface area contributed by atoms with Crippen LogP contribution < -0.4 is 20.1 Å². The number of carbonyl (C=O) groups is 1. The van der Waals surface area contributed by atoms with E-state index in [4.69, 9.17) is 9.47 Å². The van der Waals surface area contributed by atoms with Gasteiger partial charge in [0.15, 0.2) is 11.5 Å². The average Bonchev–Trinajstić information content (AvgIpc) is 2.82. The summed E-state index contributed by atoms with van der Waals surface area (Å²) < 4.78 is 10.5. The SMILES string of the molecule is CC(C)C(NC(=O)Nc1ccc2c(c1)OCO2)C(C)C. The van der Waals surface area contributed by atoms with Gasteiger partial charge in [-0.25, -0.2) is 4.79 Å². The first-order valence-corrected chi connectivity index (χ1v) is 6.94. The molecule has 0 unspecified atom stereocenters. The van der Waals surface area contributed by atoms with Crippen LogP contribution in [0.25, 0.3) is 0 Å². The third kappa shape index (κ3) is 3.35. The predicted octanol–water partition coefficient (Wildman–Crippen LogP) is 3.22. The molecule has 5 nitrogen and oxygen atoms in total. The third-order valence-electron chi connectivity index (χ3n) is 3.36. The van der Waals surface area contributed by atoms with Gasteiger partial charge in [-0.1, -0.05) is 27.7 Å². The molecular weight excluding hydrogens is 256 g/mol. The highest BCUT2D eigenvalue weighted by atomic mass is 16.7. The van der Waals surface area contributed by atoms with Crippen molar-refractivity contribution in [3.63, 3.8) is 0 Å². The number of amides is 2. The maximum Gasteiger partial charge on any atom is 0.319 e. The molecule has 0 aromatic heterocycles. The van der Waals surface area contributed by atoms with Gasteiger partial charge in [0.1, 0.15) is 0 Å². The topological polar surface area (TPSA) is 59.6 Å². The van der Waals surface area contributed by atoms with Gasteiger partial charge in [0.2, 0.25) is 6.79 Å². The highest BCUT2D eigenvalue weighted by Crippen LogP contribution is 2.34. The van der Waals surface area contributed by atoms with Crippen molar-refractivity contribution in [3.8, 4) is 11.5 Å². The number of rotatable bonds is 4. The highest BCUT2D eigenvalue weighted by Gasteiger charge is 2.20. The number of hydrogen-bond donors (Lipinski definition) is 2. The normalized spacial score (nSPS) is 13.2. The molecule has 2 N–H and O–H groups in total. The number of nitrogens with one attached hydrogen (secondary N) is 2. The summed E-state index contributed by atoms with van der Waals surface area (Å²) in [4.78, 5) is 12.0.